The highest BCUT2D eigenvalue weighted by Crippen LogP contribution is 2.66. The minimum atomic E-state index is -1.90. The molecule has 1 N–H and O–H groups in total. The number of anilines is 1. The molecule has 0 unspecified atom stereocenters. The number of carbonyl (C=O) groups is 4. The number of phenols is 1. The summed E-state index contributed by atoms with van der Waals surface area (Å²) in [5.41, 5.74) is 1.48. The first kappa shape index (κ1) is 23.3. The van der Waals surface area contributed by atoms with E-state index in [4.69, 9.17) is 23.2 Å². The number of alkyl halides is 2. The normalized spacial score (nSPS) is 35.5. The molecule has 1 saturated carbocycles. The van der Waals surface area contributed by atoms with Gasteiger partial charge in [0.05, 0.1) is 17.5 Å². The van der Waals surface area contributed by atoms with Crippen LogP contribution >= 0.6 is 23.2 Å². The highest BCUT2D eigenvalue weighted by atomic mass is 35.5. The number of carbonyl (C=O) groups excluding carboxylic acids is 4. The Balaban J connectivity index is 1.54. The van der Waals surface area contributed by atoms with Gasteiger partial charge in [0.25, 0.3) is 11.8 Å². The lowest BCUT2D eigenvalue weighted by Gasteiger charge is -2.50. The maximum atomic E-state index is 13.8. The van der Waals surface area contributed by atoms with Gasteiger partial charge in [0.15, 0.2) is 9.75 Å². The molecule has 2 aromatic carbocycles. The van der Waals surface area contributed by atoms with Crippen molar-refractivity contribution in [3.05, 3.63) is 71.8 Å². The summed E-state index contributed by atoms with van der Waals surface area (Å²) < 4.78 is 0. The van der Waals surface area contributed by atoms with Crippen molar-refractivity contribution >= 4 is 52.5 Å². The lowest BCUT2D eigenvalue weighted by molar-refractivity contribution is -0.138. The molecule has 6 atom stereocenters. The molecule has 7 nitrogen and oxygen atoms in total. The molecule has 36 heavy (non-hydrogen) atoms. The number of imide groups is 2. The fraction of sp³-hybridized carbons (Fsp3) is 0.333. The zero-order chi connectivity index (χ0) is 25.6. The van der Waals surface area contributed by atoms with Crippen molar-refractivity contribution in [1.29, 1.82) is 0 Å². The van der Waals surface area contributed by atoms with E-state index in [0.717, 1.165) is 4.90 Å². The van der Waals surface area contributed by atoms with Gasteiger partial charge in [0, 0.05) is 18.5 Å². The Bertz CT molecular complexity index is 1380. The van der Waals surface area contributed by atoms with E-state index in [9.17, 15) is 24.3 Å². The number of nitrogens with zero attached hydrogens (tertiary/aromatic N) is 2. The summed E-state index contributed by atoms with van der Waals surface area (Å²) in [5, 5.41) is 10.8. The zero-order valence-corrected chi connectivity index (χ0v) is 20.7. The predicted molar refractivity (Wildman–Crippen MR) is 133 cm³/mol. The number of benzene rings is 2. The van der Waals surface area contributed by atoms with Gasteiger partial charge in [-0.3, -0.25) is 29.0 Å². The fourth-order valence-corrected chi connectivity index (χ4v) is 7.66. The summed E-state index contributed by atoms with van der Waals surface area (Å²) in [6.45, 7) is 0. The van der Waals surface area contributed by atoms with Gasteiger partial charge >= 0.3 is 0 Å². The third-order valence-corrected chi connectivity index (χ3v) is 9.69. The zero-order valence-electron chi connectivity index (χ0n) is 19.2. The molecule has 0 bridgehead atoms. The van der Waals surface area contributed by atoms with Crippen molar-refractivity contribution in [2.75, 3.05) is 11.9 Å². The summed E-state index contributed by atoms with van der Waals surface area (Å²) in [7, 11) is 1.33. The van der Waals surface area contributed by atoms with E-state index in [1.165, 1.54) is 18.0 Å². The second-order valence-electron chi connectivity index (χ2n) is 9.90. The van der Waals surface area contributed by atoms with Crippen LogP contribution in [0.1, 0.15) is 24.3 Å². The van der Waals surface area contributed by atoms with Gasteiger partial charge in [0.1, 0.15) is 5.75 Å². The molecule has 9 heteroatoms. The number of hydrogen-bond donors (Lipinski definition) is 1. The van der Waals surface area contributed by atoms with Gasteiger partial charge in [-0.1, -0.05) is 48.0 Å². The van der Waals surface area contributed by atoms with E-state index in [2.05, 4.69) is 0 Å². The molecular weight excluding hydrogens is 503 g/mol. The lowest BCUT2D eigenvalue weighted by Crippen LogP contribution is -2.60. The number of fused-ring (bicyclic) bond motifs is 4. The topological polar surface area (TPSA) is 95.0 Å². The molecule has 184 valence electrons. The third kappa shape index (κ3) is 2.70. The number of hydrogen-bond acceptors (Lipinski definition) is 5. The van der Waals surface area contributed by atoms with Crippen molar-refractivity contribution in [1.82, 2.24) is 4.90 Å². The van der Waals surface area contributed by atoms with Crippen LogP contribution in [0.4, 0.5) is 5.69 Å². The van der Waals surface area contributed by atoms with E-state index in [1.54, 1.807) is 48.5 Å². The monoisotopic (exact) mass is 524 g/mol. The number of halogens is 2. The molecule has 3 fully saturated rings. The highest BCUT2D eigenvalue weighted by molar-refractivity contribution is 6.53. The Labute approximate surface area is 217 Å². The van der Waals surface area contributed by atoms with Gasteiger partial charge in [-0.15, -0.1) is 23.2 Å². The number of aromatic hydroxyl groups is 1. The number of likely N-dealkylation sites (tertiary alicyclic amines) is 1. The van der Waals surface area contributed by atoms with Crippen molar-refractivity contribution in [3.8, 4) is 5.75 Å². The van der Waals surface area contributed by atoms with Crippen molar-refractivity contribution < 1.29 is 24.3 Å². The van der Waals surface area contributed by atoms with E-state index < -0.39 is 45.2 Å². The van der Waals surface area contributed by atoms with Crippen LogP contribution < -0.4 is 4.90 Å². The molecule has 2 aliphatic heterocycles. The van der Waals surface area contributed by atoms with E-state index >= 15 is 0 Å². The molecule has 0 spiro atoms. The summed E-state index contributed by atoms with van der Waals surface area (Å²) in [6.07, 6.45) is 2.04. The van der Waals surface area contributed by atoms with E-state index in [-0.39, 0.29) is 30.4 Å². The van der Waals surface area contributed by atoms with Crippen LogP contribution in [-0.2, 0) is 19.2 Å². The molecule has 2 heterocycles. The fourth-order valence-electron chi connectivity index (χ4n) is 6.65. The summed E-state index contributed by atoms with van der Waals surface area (Å²) in [6, 6.07) is 15.2. The van der Waals surface area contributed by atoms with Gasteiger partial charge in [-0.2, -0.15) is 0 Å². The SMILES string of the molecule is CN1C(=O)[C@]2(Cl)C[C@@H]3C(=CC[C@@H]4C(=O)N(c5ccccc5)C(=O)[C@@H]43)[C@H](c3ccccc3O)[C@]2(Cl)C1=O. The van der Waals surface area contributed by atoms with Crippen LogP contribution in [0.15, 0.2) is 66.2 Å². The van der Waals surface area contributed by atoms with Gasteiger partial charge < -0.3 is 5.11 Å². The Morgan fingerprint density at radius 2 is 1.56 bits per heavy atom. The average molecular weight is 525 g/mol. The second-order valence-corrected chi connectivity index (χ2v) is 11.1. The quantitative estimate of drug-likeness (QED) is 0.368. The predicted octanol–water partition coefficient (Wildman–Crippen LogP) is 3.59. The number of para-hydroxylation sites is 2. The van der Waals surface area contributed by atoms with Crippen LogP contribution in [0.2, 0.25) is 0 Å². The second kappa shape index (κ2) is 7.67. The van der Waals surface area contributed by atoms with Crippen LogP contribution in [-0.4, -0.2) is 50.4 Å². The standard InChI is InChI=1S/C27H22Cl2N2O5/c1-30-24(35)26(28)13-18-15(21(27(26,29)25(30)36)16-9-5-6-10-19(16)32)11-12-17-20(18)23(34)31(22(17)33)14-7-3-2-4-8-14/h2-11,17-18,20-21,32H,12-13H2,1H3/t17-,18+,20-,21+,26+,27-/m0/s1. The summed E-state index contributed by atoms with van der Waals surface area (Å²) in [4.78, 5) is 52.4. The Morgan fingerprint density at radius 1 is 0.889 bits per heavy atom. The van der Waals surface area contributed by atoms with Gasteiger partial charge in [-0.05, 0) is 37.0 Å². The smallest absolute Gasteiger partial charge is 0.253 e. The van der Waals surface area contributed by atoms with Crippen LogP contribution in [0.25, 0.3) is 0 Å². The largest absolute Gasteiger partial charge is 0.508 e. The molecule has 0 aromatic heterocycles. The summed E-state index contributed by atoms with van der Waals surface area (Å²) in [5.74, 6) is -5.04. The molecule has 0 radical (unpaired) electrons. The Kier molecular flexibility index (Phi) is 4.95. The van der Waals surface area contributed by atoms with Crippen molar-refractivity contribution in [2.45, 2.75) is 28.5 Å². The Hall–Kier alpha value is -3.16. The number of amides is 4. The number of phenolic OH excluding ortho intramolecular Hbond substituents is 1. The van der Waals surface area contributed by atoms with Crippen LogP contribution in [0.5, 0.6) is 5.75 Å². The molecule has 2 aliphatic carbocycles. The van der Waals surface area contributed by atoms with Crippen LogP contribution in [0.3, 0.4) is 0 Å². The first-order chi connectivity index (χ1) is 17.1. The van der Waals surface area contributed by atoms with Crippen LogP contribution in [0, 0.1) is 17.8 Å². The molecule has 4 amide bonds. The average Bonchev–Trinajstić information content (AvgIpc) is 3.20. The molecular formula is C27H22Cl2N2O5. The lowest BCUT2D eigenvalue weighted by atomic mass is 9.56. The first-order valence-electron chi connectivity index (χ1n) is 11.7. The summed E-state index contributed by atoms with van der Waals surface area (Å²) >= 11 is 14.2. The maximum absolute atomic E-state index is 13.8. The van der Waals surface area contributed by atoms with Gasteiger partial charge in [0.2, 0.25) is 11.8 Å². The van der Waals surface area contributed by atoms with Gasteiger partial charge in [-0.25, -0.2) is 0 Å². The van der Waals surface area contributed by atoms with E-state index in [1.807, 2.05) is 6.08 Å². The van der Waals surface area contributed by atoms with Crippen molar-refractivity contribution in [3.63, 3.8) is 0 Å². The Morgan fingerprint density at radius 3 is 2.25 bits per heavy atom. The molecule has 6 rings (SSSR count). The van der Waals surface area contributed by atoms with Crippen molar-refractivity contribution in [2.24, 2.45) is 17.8 Å². The molecule has 2 aromatic rings. The molecule has 2 saturated heterocycles. The van der Waals surface area contributed by atoms with E-state index in [0.29, 0.717) is 16.8 Å². The first-order valence-corrected chi connectivity index (χ1v) is 12.5. The molecule has 4 aliphatic rings. The third-order valence-electron chi connectivity index (χ3n) is 8.28. The maximum Gasteiger partial charge on any atom is 0.253 e. The minimum absolute atomic E-state index is 0.0777. The number of allylic oxidation sites excluding steroid dienone is 2. The number of rotatable bonds is 2. The highest BCUT2D eigenvalue weighted by Gasteiger charge is 2.76. The minimum Gasteiger partial charge on any atom is -0.508 e.